The SMILES string of the molecule is O=C(OC1CCC(C2CCC(CCC3OCCO3)CC2)CC1)c1ccc(Cl)cc1. The van der Waals surface area contributed by atoms with Crippen molar-refractivity contribution in [2.45, 2.75) is 76.6 Å². The van der Waals surface area contributed by atoms with Gasteiger partial charge in [0.1, 0.15) is 6.10 Å². The van der Waals surface area contributed by atoms with Crippen molar-refractivity contribution in [3.05, 3.63) is 34.9 Å². The molecule has 0 atom stereocenters. The Labute approximate surface area is 179 Å². The Bertz CT molecular complexity index is 639. The fourth-order valence-electron chi connectivity index (χ4n) is 5.38. The summed E-state index contributed by atoms with van der Waals surface area (Å²) in [4.78, 5) is 12.3. The molecule has 29 heavy (non-hydrogen) atoms. The van der Waals surface area contributed by atoms with E-state index in [1.54, 1.807) is 24.3 Å². The molecule has 0 radical (unpaired) electrons. The van der Waals surface area contributed by atoms with Crippen LogP contribution in [0.2, 0.25) is 5.02 Å². The van der Waals surface area contributed by atoms with Crippen LogP contribution in [0.5, 0.6) is 0 Å². The Balaban J connectivity index is 1.14. The van der Waals surface area contributed by atoms with E-state index in [-0.39, 0.29) is 18.4 Å². The van der Waals surface area contributed by atoms with Gasteiger partial charge in [0.15, 0.2) is 6.29 Å². The van der Waals surface area contributed by atoms with E-state index in [9.17, 15) is 4.79 Å². The molecule has 0 bridgehead atoms. The van der Waals surface area contributed by atoms with Crippen molar-refractivity contribution in [2.75, 3.05) is 13.2 Å². The smallest absolute Gasteiger partial charge is 0.338 e. The molecule has 3 fully saturated rings. The average molecular weight is 421 g/mol. The minimum atomic E-state index is -0.221. The van der Waals surface area contributed by atoms with Crippen LogP contribution in [0.3, 0.4) is 0 Å². The Morgan fingerprint density at radius 1 is 0.862 bits per heavy atom. The lowest BCUT2D eigenvalue weighted by Gasteiger charge is -2.37. The van der Waals surface area contributed by atoms with E-state index in [1.807, 2.05) is 0 Å². The maximum Gasteiger partial charge on any atom is 0.338 e. The normalized spacial score (nSPS) is 30.9. The van der Waals surface area contributed by atoms with Crippen LogP contribution < -0.4 is 0 Å². The van der Waals surface area contributed by atoms with Gasteiger partial charge in [0.05, 0.1) is 18.8 Å². The van der Waals surface area contributed by atoms with E-state index in [4.69, 9.17) is 25.8 Å². The summed E-state index contributed by atoms with van der Waals surface area (Å²) in [5, 5.41) is 0.636. The summed E-state index contributed by atoms with van der Waals surface area (Å²) < 4.78 is 16.9. The number of carbonyl (C=O) groups is 1. The summed E-state index contributed by atoms with van der Waals surface area (Å²) in [5.74, 6) is 2.29. The first-order valence-corrected chi connectivity index (χ1v) is 11.7. The number of carbonyl (C=O) groups excluding carboxylic acids is 1. The van der Waals surface area contributed by atoms with Gasteiger partial charge < -0.3 is 14.2 Å². The zero-order valence-electron chi connectivity index (χ0n) is 17.2. The Morgan fingerprint density at radius 3 is 2.07 bits per heavy atom. The number of hydrogen-bond donors (Lipinski definition) is 0. The summed E-state index contributed by atoms with van der Waals surface area (Å²) in [7, 11) is 0. The Morgan fingerprint density at radius 2 is 1.45 bits per heavy atom. The number of benzene rings is 1. The molecule has 5 heteroatoms. The number of halogens is 1. The summed E-state index contributed by atoms with van der Waals surface area (Å²) in [6, 6.07) is 6.94. The largest absolute Gasteiger partial charge is 0.459 e. The first kappa shape index (κ1) is 21.1. The molecular formula is C24H33ClO4. The minimum Gasteiger partial charge on any atom is -0.459 e. The van der Waals surface area contributed by atoms with Crippen LogP contribution >= 0.6 is 11.6 Å². The molecule has 1 aromatic carbocycles. The monoisotopic (exact) mass is 420 g/mol. The van der Waals surface area contributed by atoms with E-state index < -0.39 is 0 Å². The van der Waals surface area contributed by atoms with Crippen LogP contribution in [-0.2, 0) is 14.2 Å². The molecule has 4 rings (SSSR count). The van der Waals surface area contributed by atoms with Crippen LogP contribution in [0.25, 0.3) is 0 Å². The van der Waals surface area contributed by atoms with Crippen molar-refractivity contribution in [1.82, 2.24) is 0 Å². The van der Waals surface area contributed by atoms with Crippen molar-refractivity contribution < 1.29 is 19.0 Å². The Kier molecular flexibility index (Phi) is 7.49. The third-order valence-corrected chi connectivity index (χ3v) is 7.38. The molecule has 1 aliphatic heterocycles. The molecule has 0 amide bonds. The maximum atomic E-state index is 12.3. The van der Waals surface area contributed by atoms with Crippen molar-refractivity contribution >= 4 is 17.6 Å². The van der Waals surface area contributed by atoms with Gasteiger partial charge in [-0.3, -0.25) is 0 Å². The van der Waals surface area contributed by atoms with Crippen molar-refractivity contribution in [1.29, 1.82) is 0 Å². The molecule has 160 valence electrons. The second kappa shape index (κ2) is 10.3. The molecule has 0 N–H and O–H groups in total. The quantitative estimate of drug-likeness (QED) is 0.528. The minimum absolute atomic E-state index is 0.0542. The summed E-state index contributed by atoms with van der Waals surface area (Å²) in [6.07, 6.45) is 12.2. The summed E-state index contributed by atoms with van der Waals surface area (Å²) in [6.45, 7) is 1.52. The number of ether oxygens (including phenoxy) is 3. The van der Waals surface area contributed by atoms with Gasteiger partial charge in [-0.25, -0.2) is 4.79 Å². The van der Waals surface area contributed by atoms with Crippen molar-refractivity contribution in [2.24, 2.45) is 17.8 Å². The topological polar surface area (TPSA) is 44.8 Å². The van der Waals surface area contributed by atoms with Gasteiger partial charge in [0.2, 0.25) is 0 Å². The highest BCUT2D eigenvalue weighted by Gasteiger charge is 2.32. The predicted molar refractivity (Wildman–Crippen MR) is 113 cm³/mol. The number of rotatable bonds is 6. The van der Waals surface area contributed by atoms with E-state index >= 15 is 0 Å². The highest BCUT2D eigenvalue weighted by atomic mass is 35.5. The number of esters is 1. The second-order valence-corrected chi connectivity index (χ2v) is 9.41. The fourth-order valence-corrected chi connectivity index (χ4v) is 5.50. The van der Waals surface area contributed by atoms with Crippen LogP contribution in [0.15, 0.2) is 24.3 Å². The second-order valence-electron chi connectivity index (χ2n) is 8.98. The Hall–Kier alpha value is -1.10. The van der Waals surface area contributed by atoms with Gasteiger partial charge in [-0.2, -0.15) is 0 Å². The first-order valence-electron chi connectivity index (χ1n) is 11.4. The van der Waals surface area contributed by atoms with E-state index in [1.165, 1.54) is 44.9 Å². The predicted octanol–water partition coefficient (Wildman–Crippen LogP) is 6.02. The van der Waals surface area contributed by atoms with Crippen LogP contribution in [-0.4, -0.2) is 31.6 Å². The zero-order valence-corrected chi connectivity index (χ0v) is 17.9. The van der Waals surface area contributed by atoms with E-state index in [0.29, 0.717) is 10.6 Å². The van der Waals surface area contributed by atoms with Crippen molar-refractivity contribution in [3.63, 3.8) is 0 Å². The zero-order chi connectivity index (χ0) is 20.1. The lowest BCUT2D eigenvalue weighted by molar-refractivity contribution is -0.0515. The number of hydrogen-bond acceptors (Lipinski definition) is 4. The van der Waals surface area contributed by atoms with Gasteiger partial charge >= 0.3 is 5.97 Å². The lowest BCUT2D eigenvalue weighted by atomic mass is 9.70. The standard InChI is InChI=1S/C24H33ClO4/c25-21-10-6-20(7-11-21)24(26)29-22-12-8-19(9-13-22)18-4-1-17(2-5-18)3-14-23-27-15-16-28-23/h6-7,10-11,17-19,22-23H,1-5,8-9,12-16H2. The lowest BCUT2D eigenvalue weighted by Crippen LogP contribution is -2.30. The molecule has 1 heterocycles. The molecule has 0 spiro atoms. The highest BCUT2D eigenvalue weighted by molar-refractivity contribution is 6.30. The fraction of sp³-hybridized carbons (Fsp3) is 0.708. The van der Waals surface area contributed by atoms with Crippen LogP contribution in [0.1, 0.15) is 74.6 Å². The van der Waals surface area contributed by atoms with Gasteiger partial charge in [-0.05, 0) is 93.4 Å². The van der Waals surface area contributed by atoms with Gasteiger partial charge in [-0.1, -0.05) is 24.4 Å². The molecule has 1 aromatic rings. The van der Waals surface area contributed by atoms with Crippen molar-refractivity contribution in [3.8, 4) is 0 Å². The molecular weight excluding hydrogens is 388 g/mol. The highest BCUT2D eigenvalue weighted by Crippen LogP contribution is 2.41. The molecule has 1 saturated heterocycles. The molecule has 4 nitrogen and oxygen atoms in total. The molecule has 2 saturated carbocycles. The summed E-state index contributed by atoms with van der Waals surface area (Å²) in [5.41, 5.74) is 0.586. The third kappa shape index (κ3) is 5.96. The van der Waals surface area contributed by atoms with Gasteiger partial charge in [0.25, 0.3) is 0 Å². The van der Waals surface area contributed by atoms with Gasteiger partial charge in [-0.15, -0.1) is 0 Å². The van der Waals surface area contributed by atoms with Gasteiger partial charge in [0, 0.05) is 5.02 Å². The van der Waals surface area contributed by atoms with E-state index in [2.05, 4.69) is 0 Å². The molecule has 0 unspecified atom stereocenters. The van der Waals surface area contributed by atoms with Crippen LogP contribution in [0, 0.1) is 17.8 Å². The van der Waals surface area contributed by atoms with Crippen LogP contribution in [0.4, 0.5) is 0 Å². The molecule has 0 aromatic heterocycles. The maximum absolute atomic E-state index is 12.3. The third-order valence-electron chi connectivity index (χ3n) is 7.13. The first-order chi connectivity index (χ1) is 14.2. The van der Waals surface area contributed by atoms with E-state index in [0.717, 1.165) is 50.2 Å². The summed E-state index contributed by atoms with van der Waals surface area (Å²) >= 11 is 5.89. The molecule has 2 aliphatic carbocycles. The molecule has 3 aliphatic rings. The average Bonchev–Trinajstić information content (AvgIpc) is 3.27.